The summed E-state index contributed by atoms with van der Waals surface area (Å²) in [5.41, 5.74) is 7.04. The Morgan fingerprint density at radius 3 is 2.59 bits per heavy atom. The minimum Gasteiger partial charge on any atom is -0.399 e. The zero-order valence-corrected chi connectivity index (χ0v) is 11.5. The summed E-state index contributed by atoms with van der Waals surface area (Å²) in [6.45, 7) is 3.94. The van der Waals surface area contributed by atoms with Gasteiger partial charge in [-0.2, -0.15) is 0 Å². The van der Waals surface area contributed by atoms with E-state index < -0.39 is 0 Å². The number of nitrogens with two attached hydrogens (primary N) is 1. The van der Waals surface area contributed by atoms with Crippen LogP contribution in [0.5, 0.6) is 0 Å². The molecular formula is C13H17BrN2O. The summed E-state index contributed by atoms with van der Waals surface area (Å²) in [5, 5.41) is 0. The summed E-state index contributed by atoms with van der Waals surface area (Å²) in [6, 6.07) is 5.37. The molecule has 0 atom stereocenters. The summed E-state index contributed by atoms with van der Waals surface area (Å²) in [4.78, 5) is 14.2. The molecule has 1 heterocycles. The first-order chi connectivity index (χ1) is 8.06. The van der Waals surface area contributed by atoms with E-state index in [0.717, 1.165) is 36.3 Å². The molecule has 2 N–H and O–H groups in total. The van der Waals surface area contributed by atoms with Gasteiger partial charge in [0.2, 0.25) is 0 Å². The van der Waals surface area contributed by atoms with Crippen LogP contribution in [0.15, 0.2) is 22.7 Å². The van der Waals surface area contributed by atoms with Crippen molar-refractivity contribution < 1.29 is 4.79 Å². The van der Waals surface area contributed by atoms with Crippen molar-refractivity contribution in [3.63, 3.8) is 0 Å². The van der Waals surface area contributed by atoms with E-state index in [4.69, 9.17) is 5.73 Å². The molecule has 92 valence electrons. The Balaban J connectivity index is 2.14. The number of nitrogen functional groups attached to an aromatic ring is 1. The predicted molar refractivity (Wildman–Crippen MR) is 72.9 cm³/mol. The van der Waals surface area contributed by atoms with Gasteiger partial charge < -0.3 is 10.6 Å². The van der Waals surface area contributed by atoms with Crippen LogP contribution >= 0.6 is 15.9 Å². The first kappa shape index (κ1) is 12.4. The number of hydrogen-bond acceptors (Lipinski definition) is 2. The van der Waals surface area contributed by atoms with Crippen LogP contribution in [0.1, 0.15) is 30.1 Å². The number of likely N-dealkylation sites (tertiary alicyclic amines) is 1. The SMILES string of the molecule is CC1CCN(C(=O)c2cc(N)cc(Br)c2)CC1. The molecule has 0 radical (unpaired) electrons. The first-order valence-corrected chi connectivity index (χ1v) is 6.71. The van der Waals surface area contributed by atoms with E-state index in [1.54, 1.807) is 12.1 Å². The number of hydrogen-bond donors (Lipinski definition) is 1. The van der Waals surface area contributed by atoms with Crippen LogP contribution in [-0.2, 0) is 0 Å². The van der Waals surface area contributed by atoms with Crippen LogP contribution in [0.3, 0.4) is 0 Å². The van der Waals surface area contributed by atoms with Crippen molar-refractivity contribution in [2.45, 2.75) is 19.8 Å². The Labute approximate surface area is 110 Å². The molecule has 3 nitrogen and oxygen atoms in total. The van der Waals surface area contributed by atoms with Gasteiger partial charge in [0.25, 0.3) is 5.91 Å². The molecule has 1 aromatic rings. The highest BCUT2D eigenvalue weighted by atomic mass is 79.9. The first-order valence-electron chi connectivity index (χ1n) is 5.91. The number of amides is 1. The number of carbonyl (C=O) groups is 1. The Morgan fingerprint density at radius 1 is 1.35 bits per heavy atom. The van der Waals surface area contributed by atoms with Gasteiger partial charge in [-0.25, -0.2) is 0 Å². The zero-order chi connectivity index (χ0) is 12.4. The molecular weight excluding hydrogens is 280 g/mol. The lowest BCUT2D eigenvalue weighted by molar-refractivity contribution is 0.0697. The highest BCUT2D eigenvalue weighted by Crippen LogP contribution is 2.21. The molecule has 4 heteroatoms. The Morgan fingerprint density at radius 2 is 2.00 bits per heavy atom. The Bertz CT molecular complexity index is 405. The minimum absolute atomic E-state index is 0.0879. The van der Waals surface area contributed by atoms with Crippen molar-refractivity contribution in [3.05, 3.63) is 28.2 Å². The fourth-order valence-corrected chi connectivity index (χ4v) is 2.64. The number of carbonyl (C=O) groups excluding carboxylic acids is 1. The fraction of sp³-hybridized carbons (Fsp3) is 0.462. The van der Waals surface area contributed by atoms with E-state index in [0.29, 0.717) is 11.3 Å². The van der Waals surface area contributed by atoms with Gasteiger partial charge in [0.1, 0.15) is 0 Å². The highest BCUT2D eigenvalue weighted by Gasteiger charge is 2.21. The van der Waals surface area contributed by atoms with Gasteiger partial charge in [0.15, 0.2) is 0 Å². The smallest absolute Gasteiger partial charge is 0.253 e. The molecule has 1 fully saturated rings. The molecule has 17 heavy (non-hydrogen) atoms. The summed E-state index contributed by atoms with van der Waals surface area (Å²) < 4.78 is 0.853. The molecule has 1 aromatic carbocycles. The quantitative estimate of drug-likeness (QED) is 0.810. The van der Waals surface area contributed by atoms with Crippen LogP contribution < -0.4 is 5.73 Å². The number of nitrogens with zero attached hydrogens (tertiary/aromatic N) is 1. The Hall–Kier alpha value is -1.03. The second kappa shape index (κ2) is 5.08. The standard InChI is InChI=1S/C13H17BrN2O/c1-9-2-4-16(5-3-9)13(17)10-6-11(14)8-12(15)7-10/h6-9H,2-5,15H2,1H3. The summed E-state index contributed by atoms with van der Waals surface area (Å²) >= 11 is 3.36. The molecule has 0 unspecified atom stereocenters. The number of anilines is 1. The van der Waals surface area contributed by atoms with Crippen molar-refractivity contribution >= 4 is 27.5 Å². The van der Waals surface area contributed by atoms with E-state index in [2.05, 4.69) is 22.9 Å². The van der Waals surface area contributed by atoms with Crippen molar-refractivity contribution in [1.82, 2.24) is 4.90 Å². The van der Waals surface area contributed by atoms with E-state index in [1.807, 2.05) is 11.0 Å². The lowest BCUT2D eigenvalue weighted by atomic mass is 9.98. The van der Waals surface area contributed by atoms with Crippen LogP contribution in [0.25, 0.3) is 0 Å². The molecule has 1 saturated heterocycles. The maximum atomic E-state index is 12.3. The third kappa shape index (κ3) is 3.00. The van der Waals surface area contributed by atoms with Crippen molar-refractivity contribution in [2.24, 2.45) is 5.92 Å². The van der Waals surface area contributed by atoms with Gasteiger partial charge in [-0.15, -0.1) is 0 Å². The average Bonchev–Trinajstić information content (AvgIpc) is 2.28. The molecule has 1 aliphatic rings. The molecule has 0 spiro atoms. The maximum Gasteiger partial charge on any atom is 0.253 e. The maximum absolute atomic E-state index is 12.3. The van der Waals surface area contributed by atoms with Crippen molar-refractivity contribution in [1.29, 1.82) is 0 Å². The van der Waals surface area contributed by atoms with Crippen LogP contribution in [0, 0.1) is 5.92 Å². The van der Waals surface area contributed by atoms with Crippen molar-refractivity contribution in [2.75, 3.05) is 18.8 Å². The van der Waals surface area contributed by atoms with Gasteiger partial charge in [-0.3, -0.25) is 4.79 Å². The molecule has 0 saturated carbocycles. The summed E-state index contributed by atoms with van der Waals surface area (Å²) in [7, 11) is 0. The molecule has 0 bridgehead atoms. The fourth-order valence-electron chi connectivity index (χ4n) is 2.13. The van der Waals surface area contributed by atoms with E-state index >= 15 is 0 Å². The number of benzene rings is 1. The largest absolute Gasteiger partial charge is 0.399 e. The van der Waals surface area contributed by atoms with Crippen LogP contribution in [0.4, 0.5) is 5.69 Å². The normalized spacial score (nSPS) is 17.2. The topological polar surface area (TPSA) is 46.3 Å². The van der Waals surface area contributed by atoms with Gasteiger partial charge in [0.05, 0.1) is 0 Å². The number of piperidine rings is 1. The zero-order valence-electron chi connectivity index (χ0n) is 9.95. The van der Waals surface area contributed by atoms with Gasteiger partial charge in [0, 0.05) is 28.8 Å². The molecule has 2 rings (SSSR count). The predicted octanol–water partition coefficient (Wildman–Crippen LogP) is 2.90. The van der Waals surface area contributed by atoms with Crippen LogP contribution in [-0.4, -0.2) is 23.9 Å². The van der Waals surface area contributed by atoms with E-state index in [1.165, 1.54) is 0 Å². The molecule has 1 amide bonds. The van der Waals surface area contributed by atoms with Crippen molar-refractivity contribution in [3.8, 4) is 0 Å². The van der Waals surface area contributed by atoms with E-state index in [9.17, 15) is 4.79 Å². The van der Waals surface area contributed by atoms with E-state index in [-0.39, 0.29) is 5.91 Å². The third-order valence-corrected chi connectivity index (χ3v) is 3.70. The monoisotopic (exact) mass is 296 g/mol. The lowest BCUT2D eigenvalue weighted by Crippen LogP contribution is -2.37. The van der Waals surface area contributed by atoms with Gasteiger partial charge in [-0.1, -0.05) is 22.9 Å². The molecule has 1 aliphatic heterocycles. The summed E-state index contributed by atoms with van der Waals surface area (Å²) in [5.74, 6) is 0.816. The van der Waals surface area contributed by atoms with Gasteiger partial charge in [-0.05, 0) is 37.0 Å². The number of halogens is 1. The third-order valence-electron chi connectivity index (χ3n) is 3.24. The number of rotatable bonds is 1. The van der Waals surface area contributed by atoms with Crippen LogP contribution in [0.2, 0.25) is 0 Å². The second-order valence-corrected chi connectivity index (χ2v) is 5.66. The lowest BCUT2D eigenvalue weighted by Gasteiger charge is -2.30. The summed E-state index contributed by atoms with van der Waals surface area (Å²) in [6.07, 6.45) is 2.18. The highest BCUT2D eigenvalue weighted by molar-refractivity contribution is 9.10. The molecule has 0 aliphatic carbocycles. The second-order valence-electron chi connectivity index (χ2n) is 4.75. The Kier molecular flexibility index (Phi) is 3.72. The molecule has 0 aromatic heterocycles. The minimum atomic E-state index is 0.0879. The van der Waals surface area contributed by atoms with Gasteiger partial charge >= 0.3 is 0 Å². The average molecular weight is 297 g/mol.